The van der Waals surface area contributed by atoms with Gasteiger partial charge in [0, 0.05) is 0 Å². The first kappa shape index (κ1) is 16.2. The van der Waals surface area contributed by atoms with Gasteiger partial charge in [-0.25, -0.2) is 18.2 Å². The van der Waals surface area contributed by atoms with Crippen LogP contribution in [0.25, 0.3) is 6.08 Å². The molecule has 0 nitrogen and oxygen atoms in total. The average Bonchev–Trinajstić information content (AvgIpc) is 3.00. The van der Waals surface area contributed by atoms with E-state index in [2.05, 4.69) is 75.4 Å². The molecule has 0 fully saturated rings. The normalized spacial score (nSPS) is 15.2. The van der Waals surface area contributed by atoms with Crippen molar-refractivity contribution in [3.63, 3.8) is 0 Å². The molecule has 1 heteroatoms. The van der Waals surface area contributed by atoms with Crippen molar-refractivity contribution in [2.75, 3.05) is 0 Å². The van der Waals surface area contributed by atoms with Gasteiger partial charge in [0.25, 0.3) is 0 Å². The first-order chi connectivity index (χ1) is 8.70. The van der Waals surface area contributed by atoms with Gasteiger partial charge in [0.2, 0.25) is 0 Å². The maximum absolute atomic E-state index is 3.29. The molecule has 96 valence electrons. The van der Waals surface area contributed by atoms with Crippen LogP contribution >= 0.6 is 0 Å². The summed E-state index contributed by atoms with van der Waals surface area (Å²) in [6.45, 7) is 6.46. The van der Waals surface area contributed by atoms with Crippen molar-refractivity contribution in [2.45, 2.75) is 33.1 Å². The second kappa shape index (κ2) is 7.70. The number of rotatable bonds is 1. The fourth-order valence-corrected chi connectivity index (χ4v) is 2.17. The van der Waals surface area contributed by atoms with Gasteiger partial charge in [-0.15, -0.1) is 11.6 Å². The third-order valence-electron chi connectivity index (χ3n) is 3.34. The monoisotopic (exact) mass is 326 g/mol. The molecular formula is C18H20Zr. The molecule has 0 aromatic heterocycles. The zero-order valence-corrected chi connectivity index (χ0v) is 14.4. The summed E-state index contributed by atoms with van der Waals surface area (Å²) in [6, 6.07) is 15.0. The summed E-state index contributed by atoms with van der Waals surface area (Å²) in [4.78, 5) is 0. The molecule has 0 saturated heterocycles. The third-order valence-corrected chi connectivity index (χ3v) is 3.34. The topological polar surface area (TPSA) is 0 Å². The summed E-state index contributed by atoms with van der Waals surface area (Å²) in [6.07, 6.45) is 6.54. The number of hydrogen-bond acceptors (Lipinski definition) is 0. The zero-order chi connectivity index (χ0) is 13.0. The van der Waals surface area contributed by atoms with Gasteiger partial charge in [-0.1, -0.05) is 43.9 Å². The molecule has 0 bridgehead atoms. The maximum atomic E-state index is 3.29. The Kier molecular flexibility index (Phi) is 6.59. The number of hydrogen-bond donors (Lipinski definition) is 0. The Hall–Kier alpha value is -0.807. The minimum absolute atomic E-state index is 0. The van der Waals surface area contributed by atoms with Crippen LogP contribution in [0.3, 0.4) is 0 Å². The van der Waals surface area contributed by atoms with Gasteiger partial charge in [-0.3, -0.25) is 6.08 Å². The molecule has 0 spiro atoms. The SMILES string of the molecule is CC[c-]1cccc1.Cc1ccc2c(c1)C=[C-]C2C.[Zr+2]. The summed E-state index contributed by atoms with van der Waals surface area (Å²) >= 11 is 0. The van der Waals surface area contributed by atoms with Crippen molar-refractivity contribution in [1.82, 2.24) is 0 Å². The Labute approximate surface area is 136 Å². The Bertz CT molecular complexity index is 521. The third kappa shape index (κ3) is 4.35. The van der Waals surface area contributed by atoms with Crippen LogP contribution in [-0.4, -0.2) is 0 Å². The van der Waals surface area contributed by atoms with E-state index < -0.39 is 0 Å². The van der Waals surface area contributed by atoms with Gasteiger partial charge in [-0.05, 0) is 6.92 Å². The molecule has 2 aromatic rings. The molecule has 1 aliphatic carbocycles. The van der Waals surface area contributed by atoms with Crippen molar-refractivity contribution >= 4 is 6.08 Å². The van der Waals surface area contributed by atoms with Crippen LogP contribution in [0.5, 0.6) is 0 Å². The van der Waals surface area contributed by atoms with Crippen molar-refractivity contribution in [1.29, 1.82) is 0 Å². The molecule has 0 N–H and O–H groups in total. The minimum Gasteiger partial charge on any atom is -0.269 e. The van der Waals surface area contributed by atoms with E-state index in [1.807, 2.05) is 0 Å². The van der Waals surface area contributed by atoms with Gasteiger partial charge >= 0.3 is 26.2 Å². The Morgan fingerprint density at radius 3 is 2.47 bits per heavy atom. The fraction of sp³-hybridized carbons (Fsp3) is 0.278. The van der Waals surface area contributed by atoms with E-state index in [-0.39, 0.29) is 26.2 Å². The van der Waals surface area contributed by atoms with Crippen LogP contribution in [0.1, 0.15) is 42.0 Å². The van der Waals surface area contributed by atoms with E-state index in [4.69, 9.17) is 0 Å². The van der Waals surface area contributed by atoms with E-state index >= 15 is 0 Å². The van der Waals surface area contributed by atoms with Crippen LogP contribution in [0.4, 0.5) is 0 Å². The van der Waals surface area contributed by atoms with Crippen molar-refractivity contribution in [3.8, 4) is 0 Å². The first-order valence-corrected chi connectivity index (χ1v) is 6.61. The second-order valence-electron chi connectivity index (χ2n) is 4.81. The standard InChI is InChI=1S/C11H11.C7H9.Zr/c1-8-3-6-11-9(2)4-5-10(11)7-8;1-2-7-5-3-4-6-7;/h3,5-7,9H,1-2H3;3-6H,2H2,1H3;/q2*-1;+2. The molecule has 3 rings (SSSR count). The largest absolute Gasteiger partial charge is 2.00 e. The van der Waals surface area contributed by atoms with E-state index in [1.54, 1.807) is 0 Å². The Morgan fingerprint density at radius 2 is 1.89 bits per heavy atom. The molecule has 1 atom stereocenters. The maximum Gasteiger partial charge on any atom is 2.00 e. The molecule has 0 amide bonds. The Balaban J connectivity index is 0.000000198. The second-order valence-corrected chi connectivity index (χ2v) is 4.81. The van der Waals surface area contributed by atoms with Crippen LogP contribution in [0.2, 0.25) is 0 Å². The van der Waals surface area contributed by atoms with Gasteiger partial charge in [0.1, 0.15) is 0 Å². The molecule has 2 aromatic carbocycles. The molecule has 1 unspecified atom stereocenters. The predicted molar refractivity (Wildman–Crippen MR) is 78.7 cm³/mol. The van der Waals surface area contributed by atoms with Crippen LogP contribution in [-0.2, 0) is 32.6 Å². The molecular weight excluding hydrogens is 307 g/mol. The van der Waals surface area contributed by atoms with Crippen LogP contribution < -0.4 is 0 Å². The van der Waals surface area contributed by atoms with Crippen molar-refractivity contribution in [2.24, 2.45) is 0 Å². The molecule has 1 aliphatic rings. The number of fused-ring (bicyclic) bond motifs is 1. The number of benzene rings is 1. The molecule has 0 aliphatic heterocycles. The first-order valence-electron chi connectivity index (χ1n) is 6.61. The molecule has 19 heavy (non-hydrogen) atoms. The van der Waals surface area contributed by atoms with E-state index in [1.165, 1.54) is 22.3 Å². The smallest absolute Gasteiger partial charge is 0.269 e. The summed E-state index contributed by atoms with van der Waals surface area (Å²) < 4.78 is 0. The summed E-state index contributed by atoms with van der Waals surface area (Å²) in [5.41, 5.74) is 5.52. The van der Waals surface area contributed by atoms with Crippen molar-refractivity contribution in [3.05, 3.63) is 70.8 Å². The van der Waals surface area contributed by atoms with E-state index in [9.17, 15) is 0 Å². The molecule has 0 radical (unpaired) electrons. The molecule has 0 saturated carbocycles. The summed E-state index contributed by atoms with van der Waals surface area (Å²) in [7, 11) is 0. The summed E-state index contributed by atoms with van der Waals surface area (Å²) in [5, 5.41) is 0. The van der Waals surface area contributed by atoms with Gasteiger partial charge in [0.15, 0.2) is 0 Å². The Morgan fingerprint density at radius 1 is 1.21 bits per heavy atom. The molecule has 0 heterocycles. The van der Waals surface area contributed by atoms with Gasteiger partial charge in [0.05, 0.1) is 0 Å². The van der Waals surface area contributed by atoms with Crippen LogP contribution in [0.15, 0.2) is 42.5 Å². The predicted octanol–water partition coefficient (Wildman–Crippen LogP) is 4.89. The fourth-order valence-electron chi connectivity index (χ4n) is 2.17. The minimum atomic E-state index is 0. The number of aryl methyl sites for hydroxylation is 2. The van der Waals surface area contributed by atoms with E-state index in [0.29, 0.717) is 5.92 Å². The van der Waals surface area contributed by atoms with Crippen LogP contribution in [0, 0.1) is 13.0 Å². The average molecular weight is 328 g/mol. The zero-order valence-electron chi connectivity index (χ0n) is 11.9. The quantitative estimate of drug-likeness (QED) is 0.654. The van der Waals surface area contributed by atoms with Crippen molar-refractivity contribution < 1.29 is 26.2 Å². The van der Waals surface area contributed by atoms with Gasteiger partial charge in [-0.2, -0.15) is 23.3 Å². The summed E-state index contributed by atoms with van der Waals surface area (Å²) in [5.74, 6) is 0.491. The van der Waals surface area contributed by atoms with Gasteiger partial charge < -0.3 is 0 Å². The van der Waals surface area contributed by atoms with E-state index in [0.717, 1.165) is 6.42 Å². The number of allylic oxidation sites excluding steroid dienone is 1.